The minimum atomic E-state index is -0.483. The first-order valence-electron chi connectivity index (χ1n) is 8.20. The van der Waals surface area contributed by atoms with Crippen LogP contribution < -0.4 is 16.0 Å². The topological polar surface area (TPSA) is 53.2 Å². The molecular formula is C20H15FN2O3S. The molecule has 0 N–H and O–H groups in total. The fourth-order valence-electron chi connectivity index (χ4n) is 3.04. The van der Waals surface area contributed by atoms with Gasteiger partial charge in [-0.2, -0.15) is 0 Å². The highest BCUT2D eigenvalue weighted by atomic mass is 32.1. The highest BCUT2D eigenvalue weighted by Crippen LogP contribution is 2.19. The van der Waals surface area contributed by atoms with Gasteiger partial charge in [0.1, 0.15) is 16.3 Å². The van der Waals surface area contributed by atoms with E-state index in [1.54, 1.807) is 47.8 Å². The summed E-state index contributed by atoms with van der Waals surface area (Å²) in [5.41, 5.74) is 0.739. The van der Waals surface area contributed by atoms with Crippen molar-refractivity contribution in [1.82, 2.24) is 9.13 Å². The highest BCUT2D eigenvalue weighted by Gasteiger charge is 2.16. The Bertz CT molecular complexity index is 1260. The summed E-state index contributed by atoms with van der Waals surface area (Å²) in [6.45, 7) is 0.161. The fraction of sp³-hybridized carbons (Fsp3) is 0.100. The fourth-order valence-corrected chi connectivity index (χ4v) is 3.86. The lowest BCUT2D eigenvalue weighted by atomic mass is 10.2. The van der Waals surface area contributed by atoms with Crippen LogP contribution >= 0.6 is 11.3 Å². The monoisotopic (exact) mass is 382 g/mol. The second kappa shape index (κ2) is 6.85. The number of ether oxygens (including phenoxy) is 1. The van der Waals surface area contributed by atoms with Gasteiger partial charge < -0.3 is 4.74 Å². The molecule has 0 atom stereocenters. The Balaban J connectivity index is 1.98. The third kappa shape index (κ3) is 3.06. The number of nitrogens with zero attached hydrogens (tertiary/aromatic N) is 2. The summed E-state index contributed by atoms with van der Waals surface area (Å²) < 4.78 is 21.8. The predicted octanol–water partition coefficient (Wildman–Crippen LogP) is 3.41. The average molecular weight is 382 g/mol. The van der Waals surface area contributed by atoms with Crippen molar-refractivity contribution in [3.05, 3.63) is 92.2 Å². The second-order valence-electron chi connectivity index (χ2n) is 5.98. The minimum Gasteiger partial charge on any atom is -0.497 e. The molecule has 0 bridgehead atoms. The summed E-state index contributed by atoms with van der Waals surface area (Å²) in [6.07, 6.45) is 0. The Morgan fingerprint density at radius 3 is 2.67 bits per heavy atom. The molecule has 0 fully saturated rings. The Morgan fingerprint density at radius 1 is 1.07 bits per heavy atom. The van der Waals surface area contributed by atoms with Crippen molar-refractivity contribution in [2.24, 2.45) is 0 Å². The zero-order valence-corrected chi connectivity index (χ0v) is 15.2. The number of methoxy groups -OCH3 is 1. The van der Waals surface area contributed by atoms with Crippen LogP contribution in [0.3, 0.4) is 0 Å². The molecular weight excluding hydrogens is 367 g/mol. The first-order valence-corrected chi connectivity index (χ1v) is 9.08. The summed E-state index contributed by atoms with van der Waals surface area (Å²) in [5, 5.41) is 1.77. The predicted molar refractivity (Wildman–Crippen MR) is 104 cm³/mol. The number of benzene rings is 2. The molecule has 136 valence electrons. The number of thiophene rings is 1. The Morgan fingerprint density at radius 2 is 1.89 bits per heavy atom. The first kappa shape index (κ1) is 17.2. The van der Waals surface area contributed by atoms with Crippen LogP contribution in [0.15, 0.2) is 69.6 Å². The molecule has 0 saturated carbocycles. The molecule has 0 aliphatic carbocycles. The van der Waals surface area contributed by atoms with Crippen molar-refractivity contribution in [3.63, 3.8) is 0 Å². The van der Waals surface area contributed by atoms with Crippen LogP contribution in [-0.2, 0) is 6.54 Å². The smallest absolute Gasteiger partial charge is 0.336 e. The third-order valence-electron chi connectivity index (χ3n) is 4.30. The van der Waals surface area contributed by atoms with E-state index >= 15 is 0 Å². The summed E-state index contributed by atoms with van der Waals surface area (Å²) >= 11 is 1.27. The van der Waals surface area contributed by atoms with Crippen LogP contribution in [0.25, 0.3) is 15.9 Å². The average Bonchev–Trinajstić information content (AvgIpc) is 3.16. The van der Waals surface area contributed by atoms with E-state index in [9.17, 15) is 14.0 Å². The SMILES string of the molecule is COc1cccc(-n2c(=O)c3sccc3n(Cc3cccc(F)c3)c2=O)c1. The third-order valence-corrected chi connectivity index (χ3v) is 5.19. The molecule has 0 aliphatic heterocycles. The van der Waals surface area contributed by atoms with Gasteiger partial charge in [-0.1, -0.05) is 18.2 Å². The van der Waals surface area contributed by atoms with Crippen LogP contribution in [0.4, 0.5) is 4.39 Å². The van der Waals surface area contributed by atoms with Crippen LogP contribution in [0.1, 0.15) is 5.56 Å². The van der Waals surface area contributed by atoms with Crippen LogP contribution in [0, 0.1) is 5.82 Å². The van der Waals surface area contributed by atoms with Gasteiger partial charge in [0.2, 0.25) is 0 Å². The van der Waals surface area contributed by atoms with Gasteiger partial charge in [0.15, 0.2) is 0 Å². The molecule has 0 saturated heterocycles. The zero-order chi connectivity index (χ0) is 19.0. The van der Waals surface area contributed by atoms with Crippen molar-refractivity contribution in [1.29, 1.82) is 0 Å². The summed E-state index contributed by atoms with van der Waals surface area (Å²) in [7, 11) is 1.52. The maximum absolute atomic E-state index is 13.6. The lowest BCUT2D eigenvalue weighted by molar-refractivity contribution is 0.414. The highest BCUT2D eigenvalue weighted by molar-refractivity contribution is 7.17. The molecule has 0 aliphatic rings. The number of fused-ring (bicyclic) bond motifs is 1. The van der Waals surface area contributed by atoms with E-state index in [0.29, 0.717) is 27.2 Å². The van der Waals surface area contributed by atoms with E-state index in [1.807, 2.05) is 0 Å². The summed E-state index contributed by atoms with van der Waals surface area (Å²) in [6, 6.07) is 14.6. The lowest BCUT2D eigenvalue weighted by Gasteiger charge is -2.13. The zero-order valence-electron chi connectivity index (χ0n) is 14.4. The number of hydrogen-bond acceptors (Lipinski definition) is 4. The van der Waals surface area contributed by atoms with Gasteiger partial charge in [-0.15, -0.1) is 11.3 Å². The normalized spacial score (nSPS) is 11.0. The Labute approximate surface area is 157 Å². The summed E-state index contributed by atoms with van der Waals surface area (Å²) in [4.78, 5) is 26.1. The number of hydrogen-bond donors (Lipinski definition) is 0. The maximum Gasteiger partial charge on any atom is 0.336 e. The van der Waals surface area contributed by atoms with Crippen molar-refractivity contribution in [2.75, 3.05) is 7.11 Å². The van der Waals surface area contributed by atoms with Gasteiger partial charge in [-0.3, -0.25) is 9.36 Å². The quantitative estimate of drug-likeness (QED) is 0.544. The second-order valence-corrected chi connectivity index (χ2v) is 6.89. The molecule has 4 rings (SSSR count). The minimum absolute atomic E-state index is 0.161. The molecule has 5 nitrogen and oxygen atoms in total. The molecule has 0 spiro atoms. The van der Waals surface area contributed by atoms with Gasteiger partial charge in [0.05, 0.1) is 24.9 Å². The van der Waals surface area contributed by atoms with E-state index in [0.717, 1.165) is 4.57 Å². The number of aromatic nitrogens is 2. The number of rotatable bonds is 4. The van der Waals surface area contributed by atoms with E-state index in [4.69, 9.17) is 4.74 Å². The van der Waals surface area contributed by atoms with Crippen molar-refractivity contribution < 1.29 is 9.13 Å². The Kier molecular flexibility index (Phi) is 4.37. The molecule has 7 heteroatoms. The van der Waals surface area contributed by atoms with Gasteiger partial charge in [-0.25, -0.2) is 13.8 Å². The van der Waals surface area contributed by atoms with Crippen LogP contribution in [0.5, 0.6) is 5.75 Å². The lowest BCUT2D eigenvalue weighted by Crippen LogP contribution is -2.38. The van der Waals surface area contributed by atoms with E-state index in [-0.39, 0.29) is 17.9 Å². The van der Waals surface area contributed by atoms with Crippen molar-refractivity contribution in [3.8, 4) is 11.4 Å². The molecule has 2 aromatic heterocycles. The van der Waals surface area contributed by atoms with E-state index in [1.165, 1.54) is 35.1 Å². The van der Waals surface area contributed by atoms with Gasteiger partial charge in [0.25, 0.3) is 5.56 Å². The first-order chi connectivity index (χ1) is 13.1. The molecule has 27 heavy (non-hydrogen) atoms. The van der Waals surface area contributed by atoms with Crippen LogP contribution in [-0.4, -0.2) is 16.2 Å². The summed E-state index contributed by atoms with van der Waals surface area (Å²) in [5.74, 6) is 0.171. The van der Waals surface area contributed by atoms with Gasteiger partial charge in [0, 0.05) is 6.07 Å². The molecule has 2 aromatic carbocycles. The molecule has 0 unspecified atom stereocenters. The number of halogens is 1. The standard InChI is InChI=1S/C20H15FN2O3S/c1-26-16-7-3-6-15(11-16)23-19(24)18-17(8-9-27-18)22(20(23)25)12-13-4-2-5-14(21)10-13/h2-11H,12H2,1H3. The Hall–Kier alpha value is -3.19. The molecule has 0 amide bonds. The van der Waals surface area contributed by atoms with Crippen LogP contribution in [0.2, 0.25) is 0 Å². The van der Waals surface area contributed by atoms with Crippen molar-refractivity contribution >= 4 is 21.6 Å². The van der Waals surface area contributed by atoms with Gasteiger partial charge in [-0.05, 0) is 41.3 Å². The van der Waals surface area contributed by atoms with E-state index < -0.39 is 5.69 Å². The molecule has 0 radical (unpaired) electrons. The largest absolute Gasteiger partial charge is 0.497 e. The van der Waals surface area contributed by atoms with Gasteiger partial charge >= 0.3 is 5.69 Å². The maximum atomic E-state index is 13.6. The van der Waals surface area contributed by atoms with E-state index in [2.05, 4.69) is 0 Å². The molecule has 4 aromatic rings. The molecule has 2 heterocycles. The van der Waals surface area contributed by atoms with Crippen molar-refractivity contribution in [2.45, 2.75) is 6.54 Å².